The Balaban J connectivity index is 2.27. The van der Waals surface area contributed by atoms with E-state index in [2.05, 4.69) is 9.97 Å². The van der Waals surface area contributed by atoms with Gasteiger partial charge in [-0.3, -0.25) is 4.79 Å². The standard InChI is InChI=1S/C12H16N2O/c1-2-9(15)7-12-10-5-3-4-6-11(10)13-8-14-12/h8H,2-7H2,1H3. The third kappa shape index (κ3) is 2.22. The zero-order valence-corrected chi connectivity index (χ0v) is 9.12. The summed E-state index contributed by atoms with van der Waals surface area (Å²) in [5, 5.41) is 0. The molecule has 0 bridgehead atoms. The molecule has 0 aromatic carbocycles. The van der Waals surface area contributed by atoms with Gasteiger partial charge in [-0.1, -0.05) is 6.92 Å². The van der Waals surface area contributed by atoms with Crippen molar-refractivity contribution in [3.8, 4) is 0 Å². The normalized spacial score (nSPS) is 14.7. The van der Waals surface area contributed by atoms with Gasteiger partial charge in [0.25, 0.3) is 0 Å². The predicted molar refractivity (Wildman–Crippen MR) is 57.7 cm³/mol. The first-order valence-electron chi connectivity index (χ1n) is 5.64. The van der Waals surface area contributed by atoms with Crippen LogP contribution < -0.4 is 0 Å². The molecule has 0 fully saturated rings. The number of carbonyl (C=O) groups excluding carboxylic acids is 1. The smallest absolute Gasteiger partial charge is 0.138 e. The fourth-order valence-electron chi connectivity index (χ4n) is 2.05. The molecule has 0 unspecified atom stereocenters. The molecule has 1 aromatic rings. The van der Waals surface area contributed by atoms with E-state index in [0.717, 1.165) is 24.2 Å². The summed E-state index contributed by atoms with van der Waals surface area (Å²) in [6, 6.07) is 0. The van der Waals surface area contributed by atoms with Crippen molar-refractivity contribution >= 4 is 5.78 Å². The van der Waals surface area contributed by atoms with Crippen LogP contribution in [0.1, 0.15) is 43.1 Å². The van der Waals surface area contributed by atoms with E-state index in [1.165, 1.54) is 18.4 Å². The average molecular weight is 204 g/mol. The number of nitrogens with zero attached hydrogens (tertiary/aromatic N) is 2. The van der Waals surface area contributed by atoms with Gasteiger partial charge in [-0.2, -0.15) is 0 Å². The van der Waals surface area contributed by atoms with E-state index in [1.54, 1.807) is 6.33 Å². The largest absolute Gasteiger partial charge is 0.299 e. The fourth-order valence-corrected chi connectivity index (χ4v) is 2.05. The first kappa shape index (κ1) is 10.3. The molecule has 1 aliphatic carbocycles. The van der Waals surface area contributed by atoms with Crippen molar-refractivity contribution in [2.75, 3.05) is 0 Å². The van der Waals surface area contributed by atoms with Gasteiger partial charge in [0.2, 0.25) is 0 Å². The van der Waals surface area contributed by atoms with Crippen molar-refractivity contribution in [3.63, 3.8) is 0 Å². The van der Waals surface area contributed by atoms with E-state index < -0.39 is 0 Å². The Morgan fingerprint density at radius 3 is 2.93 bits per heavy atom. The van der Waals surface area contributed by atoms with Crippen molar-refractivity contribution in [2.24, 2.45) is 0 Å². The third-order valence-electron chi connectivity index (χ3n) is 2.97. The molecule has 0 amide bonds. The molecule has 1 heterocycles. The lowest BCUT2D eigenvalue weighted by Gasteiger charge is -2.16. The second kappa shape index (κ2) is 4.51. The molecule has 1 aromatic heterocycles. The highest BCUT2D eigenvalue weighted by Crippen LogP contribution is 2.21. The van der Waals surface area contributed by atoms with Crippen molar-refractivity contribution in [2.45, 2.75) is 45.4 Å². The summed E-state index contributed by atoms with van der Waals surface area (Å²) in [5.41, 5.74) is 3.37. The zero-order valence-electron chi connectivity index (χ0n) is 9.12. The Hall–Kier alpha value is -1.25. The Morgan fingerprint density at radius 2 is 2.13 bits per heavy atom. The summed E-state index contributed by atoms with van der Waals surface area (Å²) in [6.07, 6.45) is 7.19. The van der Waals surface area contributed by atoms with Gasteiger partial charge in [-0.25, -0.2) is 9.97 Å². The van der Waals surface area contributed by atoms with Crippen molar-refractivity contribution in [3.05, 3.63) is 23.3 Å². The number of carbonyl (C=O) groups is 1. The van der Waals surface area contributed by atoms with Gasteiger partial charge in [-0.05, 0) is 31.2 Å². The Labute approximate surface area is 89.9 Å². The minimum absolute atomic E-state index is 0.265. The second-order valence-corrected chi connectivity index (χ2v) is 4.02. The number of hydrogen-bond donors (Lipinski definition) is 0. The number of aromatic nitrogens is 2. The summed E-state index contributed by atoms with van der Waals surface area (Å²) in [6.45, 7) is 1.90. The maximum Gasteiger partial charge on any atom is 0.138 e. The van der Waals surface area contributed by atoms with E-state index in [0.29, 0.717) is 12.8 Å². The maximum atomic E-state index is 11.4. The third-order valence-corrected chi connectivity index (χ3v) is 2.97. The molecule has 3 nitrogen and oxygen atoms in total. The summed E-state index contributed by atoms with van der Waals surface area (Å²) in [7, 11) is 0. The molecule has 15 heavy (non-hydrogen) atoms. The number of aryl methyl sites for hydroxylation is 1. The zero-order chi connectivity index (χ0) is 10.7. The van der Waals surface area contributed by atoms with Crippen LogP contribution in [0.5, 0.6) is 0 Å². The molecule has 2 rings (SSSR count). The van der Waals surface area contributed by atoms with Crippen molar-refractivity contribution in [1.82, 2.24) is 9.97 Å². The van der Waals surface area contributed by atoms with Gasteiger partial charge in [0, 0.05) is 18.5 Å². The topological polar surface area (TPSA) is 42.9 Å². The number of hydrogen-bond acceptors (Lipinski definition) is 3. The van der Waals surface area contributed by atoms with E-state index in [9.17, 15) is 4.79 Å². The molecule has 0 aliphatic heterocycles. The van der Waals surface area contributed by atoms with E-state index >= 15 is 0 Å². The maximum absolute atomic E-state index is 11.4. The van der Waals surface area contributed by atoms with Crippen LogP contribution in [-0.4, -0.2) is 15.8 Å². The van der Waals surface area contributed by atoms with E-state index in [4.69, 9.17) is 0 Å². The molecule has 0 saturated heterocycles. The van der Waals surface area contributed by atoms with Crippen LogP contribution in [0.25, 0.3) is 0 Å². The Morgan fingerprint density at radius 1 is 1.33 bits per heavy atom. The van der Waals surface area contributed by atoms with Crippen molar-refractivity contribution < 1.29 is 4.79 Å². The highest BCUT2D eigenvalue weighted by Gasteiger charge is 2.16. The minimum atomic E-state index is 0.265. The minimum Gasteiger partial charge on any atom is -0.299 e. The molecular formula is C12H16N2O. The first-order valence-corrected chi connectivity index (χ1v) is 5.64. The molecule has 3 heteroatoms. The molecule has 80 valence electrons. The summed E-state index contributed by atoms with van der Waals surface area (Å²) in [4.78, 5) is 19.9. The van der Waals surface area contributed by atoms with Gasteiger partial charge in [-0.15, -0.1) is 0 Å². The monoisotopic (exact) mass is 204 g/mol. The number of fused-ring (bicyclic) bond motifs is 1. The van der Waals surface area contributed by atoms with Crippen LogP contribution >= 0.6 is 0 Å². The lowest BCUT2D eigenvalue weighted by molar-refractivity contribution is -0.118. The summed E-state index contributed by atoms with van der Waals surface area (Å²) >= 11 is 0. The van der Waals surface area contributed by atoms with Crippen LogP contribution in [0.4, 0.5) is 0 Å². The van der Waals surface area contributed by atoms with Crippen LogP contribution in [0.15, 0.2) is 6.33 Å². The van der Waals surface area contributed by atoms with Gasteiger partial charge in [0.1, 0.15) is 12.1 Å². The summed E-state index contributed by atoms with van der Waals surface area (Å²) < 4.78 is 0. The molecular weight excluding hydrogens is 188 g/mol. The molecule has 0 atom stereocenters. The highest BCUT2D eigenvalue weighted by atomic mass is 16.1. The van der Waals surface area contributed by atoms with Gasteiger partial charge in [0.15, 0.2) is 0 Å². The molecule has 1 aliphatic rings. The van der Waals surface area contributed by atoms with Crippen molar-refractivity contribution in [1.29, 1.82) is 0 Å². The Kier molecular flexibility index (Phi) is 3.09. The van der Waals surface area contributed by atoms with Gasteiger partial charge in [0.05, 0.1) is 5.69 Å². The van der Waals surface area contributed by atoms with E-state index in [1.807, 2.05) is 6.92 Å². The SMILES string of the molecule is CCC(=O)Cc1ncnc2c1CCCC2. The van der Waals surface area contributed by atoms with Crippen LogP contribution in [-0.2, 0) is 24.1 Å². The second-order valence-electron chi connectivity index (χ2n) is 4.02. The van der Waals surface area contributed by atoms with Crippen LogP contribution in [0.2, 0.25) is 0 Å². The fraction of sp³-hybridized carbons (Fsp3) is 0.583. The number of ketones is 1. The van der Waals surface area contributed by atoms with Gasteiger partial charge < -0.3 is 0 Å². The quantitative estimate of drug-likeness (QED) is 0.755. The van der Waals surface area contributed by atoms with Crippen LogP contribution in [0, 0.1) is 0 Å². The average Bonchev–Trinajstić information content (AvgIpc) is 2.29. The highest BCUT2D eigenvalue weighted by molar-refractivity contribution is 5.80. The molecule has 0 spiro atoms. The lowest BCUT2D eigenvalue weighted by Crippen LogP contribution is -2.13. The predicted octanol–water partition coefficient (Wildman–Crippen LogP) is 1.88. The first-order chi connectivity index (χ1) is 7.31. The molecule has 0 N–H and O–H groups in total. The summed E-state index contributed by atoms with van der Waals surface area (Å²) in [5.74, 6) is 0.265. The number of Topliss-reactive ketones (excluding diaryl/α,β-unsaturated/α-hetero) is 1. The Bertz CT molecular complexity index is 374. The van der Waals surface area contributed by atoms with E-state index in [-0.39, 0.29) is 5.78 Å². The lowest BCUT2D eigenvalue weighted by atomic mass is 9.93. The molecule has 0 radical (unpaired) electrons. The van der Waals surface area contributed by atoms with Gasteiger partial charge >= 0.3 is 0 Å². The molecule has 0 saturated carbocycles. The number of rotatable bonds is 3. The van der Waals surface area contributed by atoms with Crippen LogP contribution in [0.3, 0.4) is 0 Å².